The molecule has 0 spiro atoms. The Morgan fingerprint density at radius 3 is 1.96 bits per heavy atom. The molecule has 0 fully saturated rings. The van der Waals surface area contributed by atoms with E-state index in [1.54, 1.807) is 45.0 Å². The van der Waals surface area contributed by atoms with E-state index < -0.39 is 18.0 Å². The van der Waals surface area contributed by atoms with Gasteiger partial charge in [-0.3, -0.25) is 4.79 Å². The Morgan fingerprint density at radius 2 is 1.40 bits per heavy atom. The molecule has 2 rings (SSSR count). The molecule has 0 heterocycles. The maximum atomic E-state index is 12.5. The minimum absolute atomic E-state index is 0.220. The highest BCUT2D eigenvalue weighted by Gasteiger charge is 2.30. The Hall–Kier alpha value is -2.62. The van der Waals surface area contributed by atoms with E-state index in [1.165, 1.54) is 0 Å². The summed E-state index contributed by atoms with van der Waals surface area (Å²) in [6.07, 6.45) is -0.364. The van der Waals surface area contributed by atoms with Crippen molar-refractivity contribution in [1.29, 1.82) is 0 Å². The van der Waals surface area contributed by atoms with Crippen molar-refractivity contribution in [2.24, 2.45) is 5.92 Å². The predicted molar refractivity (Wildman–Crippen MR) is 96.2 cm³/mol. The molecule has 25 heavy (non-hydrogen) atoms. The highest BCUT2D eigenvalue weighted by Crippen LogP contribution is 2.19. The van der Waals surface area contributed by atoms with Gasteiger partial charge in [-0.1, -0.05) is 48.5 Å². The number of hydrogen-bond acceptors (Lipinski definition) is 4. The standard InChI is InChI=1S/C21H24O4/c1-15(2)24-21(23)19(14-17-10-6-4-7-11-17)16(3)25-20(22)18-12-8-5-9-13-18/h4-13,15-16,19H,14H2,1-3H3. The average molecular weight is 340 g/mol. The average Bonchev–Trinajstić information content (AvgIpc) is 2.60. The first-order valence-corrected chi connectivity index (χ1v) is 8.48. The molecule has 0 aromatic heterocycles. The van der Waals surface area contributed by atoms with E-state index in [0.717, 1.165) is 5.56 Å². The first-order valence-electron chi connectivity index (χ1n) is 8.48. The molecule has 2 unspecified atom stereocenters. The van der Waals surface area contributed by atoms with Gasteiger partial charge in [0.05, 0.1) is 17.6 Å². The zero-order chi connectivity index (χ0) is 18.2. The van der Waals surface area contributed by atoms with E-state index in [1.807, 2.05) is 36.4 Å². The number of benzene rings is 2. The number of rotatable bonds is 7. The summed E-state index contributed by atoms with van der Waals surface area (Å²) >= 11 is 0. The molecule has 0 aliphatic rings. The van der Waals surface area contributed by atoms with Crippen LogP contribution < -0.4 is 0 Å². The lowest BCUT2D eigenvalue weighted by Gasteiger charge is -2.24. The van der Waals surface area contributed by atoms with Gasteiger partial charge < -0.3 is 9.47 Å². The van der Waals surface area contributed by atoms with Gasteiger partial charge in [-0.05, 0) is 44.9 Å². The highest BCUT2D eigenvalue weighted by atomic mass is 16.6. The quantitative estimate of drug-likeness (QED) is 0.714. The molecule has 2 aromatic carbocycles. The number of ether oxygens (including phenoxy) is 2. The lowest BCUT2D eigenvalue weighted by atomic mass is 9.94. The Bertz CT molecular complexity index is 680. The Labute approximate surface area is 148 Å². The Balaban J connectivity index is 2.12. The van der Waals surface area contributed by atoms with Crippen molar-refractivity contribution < 1.29 is 19.1 Å². The van der Waals surface area contributed by atoms with Gasteiger partial charge in [-0.25, -0.2) is 4.79 Å². The van der Waals surface area contributed by atoms with Gasteiger partial charge in [0.15, 0.2) is 0 Å². The van der Waals surface area contributed by atoms with Crippen LogP contribution in [0.2, 0.25) is 0 Å². The van der Waals surface area contributed by atoms with Crippen molar-refractivity contribution in [2.45, 2.75) is 39.4 Å². The summed E-state index contributed by atoms with van der Waals surface area (Å²) in [6, 6.07) is 18.4. The first-order chi connectivity index (χ1) is 12.0. The first kappa shape index (κ1) is 18.7. The molecule has 0 bridgehead atoms. The number of carbonyl (C=O) groups excluding carboxylic acids is 2. The van der Waals surface area contributed by atoms with Gasteiger partial charge in [0.2, 0.25) is 0 Å². The van der Waals surface area contributed by atoms with Crippen LogP contribution >= 0.6 is 0 Å². The topological polar surface area (TPSA) is 52.6 Å². The van der Waals surface area contributed by atoms with Crippen molar-refractivity contribution in [3.63, 3.8) is 0 Å². The fraction of sp³-hybridized carbons (Fsp3) is 0.333. The molecule has 0 aliphatic carbocycles. The zero-order valence-electron chi connectivity index (χ0n) is 14.8. The van der Waals surface area contributed by atoms with Crippen molar-refractivity contribution in [3.05, 3.63) is 71.8 Å². The Kier molecular flexibility index (Phi) is 6.75. The second-order valence-corrected chi connectivity index (χ2v) is 6.26. The van der Waals surface area contributed by atoms with Crippen LogP contribution in [0.15, 0.2) is 60.7 Å². The fourth-order valence-corrected chi connectivity index (χ4v) is 2.52. The minimum Gasteiger partial charge on any atom is -0.463 e. The summed E-state index contributed by atoms with van der Waals surface area (Å²) in [5.41, 5.74) is 1.46. The molecular weight excluding hydrogens is 316 g/mol. The van der Waals surface area contributed by atoms with E-state index in [4.69, 9.17) is 9.47 Å². The molecule has 0 saturated carbocycles. The molecule has 0 radical (unpaired) electrons. The SMILES string of the molecule is CC(C)OC(=O)C(Cc1ccccc1)C(C)OC(=O)c1ccccc1. The van der Waals surface area contributed by atoms with Crippen LogP contribution in [0.4, 0.5) is 0 Å². The highest BCUT2D eigenvalue weighted by molar-refractivity contribution is 5.89. The molecule has 0 saturated heterocycles. The second-order valence-electron chi connectivity index (χ2n) is 6.26. The van der Waals surface area contributed by atoms with Crippen LogP contribution in [-0.2, 0) is 20.7 Å². The third-order valence-corrected chi connectivity index (χ3v) is 3.82. The molecule has 2 aromatic rings. The van der Waals surface area contributed by atoms with Gasteiger partial charge in [0.1, 0.15) is 6.10 Å². The minimum atomic E-state index is -0.598. The predicted octanol–water partition coefficient (Wildman–Crippen LogP) is 4.04. The Morgan fingerprint density at radius 1 is 0.840 bits per heavy atom. The lowest BCUT2D eigenvalue weighted by molar-refractivity contribution is -0.156. The van der Waals surface area contributed by atoms with Crippen molar-refractivity contribution >= 4 is 11.9 Å². The fourth-order valence-electron chi connectivity index (χ4n) is 2.52. The van der Waals surface area contributed by atoms with Gasteiger partial charge >= 0.3 is 11.9 Å². The van der Waals surface area contributed by atoms with Gasteiger partial charge in [-0.2, -0.15) is 0 Å². The van der Waals surface area contributed by atoms with Crippen molar-refractivity contribution in [2.75, 3.05) is 0 Å². The summed E-state index contributed by atoms with van der Waals surface area (Å²) in [4.78, 5) is 24.8. The maximum absolute atomic E-state index is 12.5. The molecule has 2 atom stereocenters. The van der Waals surface area contributed by atoms with E-state index >= 15 is 0 Å². The van der Waals surface area contributed by atoms with E-state index in [0.29, 0.717) is 12.0 Å². The van der Waals surface area contributed by atoms with Crippen LogP contribution in [-0.4, -0.2) is 24.1 Å². The maximum Gasteiger partial charge on any atom is 0.338 e. The molecule has 132 valence electrons. The van der Waals surface area contributed by atoms with E-state index in [9.17, 15) is 9.59 Å². The largest absolute Gasteiger partial charge is 0.463 e. The van der Waals surface area contributed by atoms with E-state index in [2.05, 4.69) is 0 Å². The molecule has 4 heteroatoms. The summed E-state index contributed by atoms with van der Waals surface area (Å²) in [6.45, 7) is 5.34. The number of esters is 2. The van der Waals surface area contributed by atoms with Gasteiger partial charge in [-0.15, -0.1) is 0 Å². The molecule has 0 N–H and O–H groups in total. The zero-order valence-corrected chi connectivity index (χ0v) is 14.8. The smallest absolute Gasteiger partial charge is 0.338 e. The molecule has 0 aliphatic heterocycles. The second kappa shape index (κ2) is 9.02. The van der Waals surface area contributed by atoms with Gasteiger partial charge in [0.25, 0.3) is 0 Å². The third-order valence-electron chi connectivity index (χ3n) is 3.82. The summed E-state index contributed by atoms with van der Waals surface area (Å²) in [5.74, 6) is -1.35. The van der Waals surface area contributed by atoms with Crippen LogP contribution in [0.25, 0.3) is 0 Å². The summed E-state index contributed by atoms with van der Waals surface area (Å²) in [5, 5.41) is 0. The third kappa shape index (κ3) is 5.75. The van der Waals surface area contributed by atoms with E-state index in [-0.39, 0.29) is 12.1 Å². The number of hydrogen-bond donors (Lipinski definition) is 0. The van der Waals surface area contributed by atoms with Gasteiger partial charge in [0, 0.05) is 0 Å². The molecular formula is C21H24O4. The monoisotopic (exact) mass is 340 g/mol. The summed E-state index contributed by atoms with van der Waals surface area (Å²) < 4.78 is 10.9. The van der Waals surface area contributed by atoms with Crippen LogP contribution in [0.1, 0.15) is 36.7 Å². The molecule has 0 amide bonds. The van der Waals surface area contributed by atoms with Crippen LogP contribution in [0.3, 0.4) is 0 Å². The van der Waals surface area contributed by atoms with Crippen molar-refractivity contribution in [1.82, 2.24) is 0 Å². The summed E-state index contributed by atoms with van der Waals surface area (Å²) in [7, 11) is 0. The lowest BCUT2D eigenvalue weighted by Crippen LogP contribution is -2.34. The number of carbonyl (C=O) groups is 2. The molecule has 4 nitrogen and oxygen atoms in total. The van der Waals surface area contributed by atoms with Crippen LogP contribution in [0, 0.1) is 5.92 Å². The normalized spacial score (nSPS) is 13.1. The van der Waals surface area contributed by atoms with Crippen molar-refractivity contribution in [3.8, 4) is 0 Å². The van der Waals surface area contributed by atoms with Crippen LogP contribution in [0.5, 0.6) is 0 Å².